The molecule has 0 bridgehead atoms. The van der Waals surface area contributed by atoms with Crippen LogP contribution in [0.4, 0.5) is 0 Å². The van der Waals surface area contributed by atoms with Crippen molar-refractivity contribution in [3.8, 4) is 11.5 Å². The molecule has 0 aliphatic carbocycles. The van der Waals surface area contributed by atoms with Gasteiger partial charge < -0.3 is 18.9 Å². The second kappa shape index (κ2) is 8.72. The minimum atomic E-state index is -3.60. The number of halogens is 1. The number of aromatic hydroxyl groups is 1. The lowest BCUT2D eigenvalue weighted by Gasteiger charge is -2.27. The van der Waals surface area contributed by atoms with Crippen molar-refractivity contribution in [1.29, 1.82) is 0 Å². The van der Waals surface area contributed by atoms with Crippen molar-refractivity contribution in [3.63, 3.8) is 0 Å². The fourth-order valence-corrected chi connectivity index (χ4v) is 4.97. The Morgan fingerprint density at radius 1 is 1.08 bits per heavy atom. The fourth-order valence-electron chi connectivity index (χ4n) is 2.61. The van der Waals surface area contributed by atoms with Crippen molar-refractivity contribution in [2.45, 2.75) is 19.5 Å². The van der Waals surface area contributed by atoms with Gasteiger partial charge in [0.2, 0.25) is 0 Å². The smallest absolute Gasteiger partial charge is 0.342 e. The van der Waals surface area contributed by atoms with Crippen LogP contribution >= 0.6 is 19.2 Å². The Kier molecular flexibility index (Phi) is 6.91. The first kappa shape index (κ1) is 19.8. The van der Waals surface area contributed by atoms with Gasteiger partial charge in [0, 0.05) is 10.6 Å². The Bertz CT molecular complexity index is 738. The van der Waals surface area contributed by atoms with Gasteiger partial charge in [0.25, 0.3) is 0 Å². The molecule has 0 unspecified atom stereocenters. The monoisotopic (exact) mass is 384 g/mol. The van der Waals surface area contributed by atoms with Crippen LogP contribution in [0.25, 0.3) is 0 Å². The third-order valence-corrected chi connectivity index (χ3v) is 6.33. The number of ether oxygens (including phenoxy) is 1. The van der Waals surface area contributed by atoms with Gasteiger partial charge in [-0.3, -0.25) is 4.57 Å². The van der Waals surface area contributed by atoms with Gasteiger partial charge in [-0.25, -0.2) is 0 Å². The van der Waals surface area contributed by atoms with E-state index in [2.05, 4.69) is 0 Å². The van der Waals surface area contributed by atoms with E-state index < -0.39 is 13.3 Å². The Balaban J connectivity index is 2.64. The largest absolute Gasteiger partial charge is 0.508 e. The molecule has 0 saturated heterocycles. The molecular weight excluding hydrogens is 363 g/mol. The second-order valence-electron chi connectivity index (χ2n) is 5.25. The Labute approximate surface area is 153 Å². The van der Waals surface area contributed by atoms with Crippen LogP contribution < -0.4 is 4.74 Å². The van der Waals surface area contributed by atoms with Gasteiger partial charge in [-0.05, 0) is 49.7 Å². The third-order valence-electron chi connectivity index (χ3n) is 3.65. The lowest BCUT2D eigenvalue weighted by atomic mass is 10.0. The van der Waals surface area contributed by atoms with Gasteiger partial charge in [-0.1, -0.05) is 23.7 Å². The van der Waals surface area contributed by atoms with E-state index in [-0.39, 0.29) is 19.0 Å². The van der Waals surface area contributed by atoms with E-state index in [4.69, 9.17) is 25.4 Å². The zero-order valence-corrected chi connectivity index (χ0v) is 16.1. The summed E-state index contributed by atoms with van der Waals surface area (Å²) in [5, 5.41) is 10.8. The van der Waals surface area contributed by atoms with Crippen LogP contribution in [-0.2, 0) is 13.6 Å². The summed E-state index contributed by atoms with van der Waals surface area (Å²) >= 11 is 6.10. The summed E-state index contributed by atoms with van der Waals surface area (Å²) in [6, 6.07) is 11.7. The number of phenolic OH excluding ortho intramolecular Hbond substituents is 1. The first-order valence-corrected chi connectivity index (χ1v) is 9.95. The molecule has 5 nitrogen and oxygen atoms in total. The highest BCUT2D eigenvalue weighted by molar-refractivity contribution is 7.54. The van der Waals surface area contributed by atoms with Crippen LogP contribution in [0, 0.1) is 0 Å². The van der Waals surface area contributed by atoms with Crippen molar-refractivity contribution >= 4 is 19.2 Å². The molecule has 0 fully saturated rings. The summed E-state index contributed by atoms with van der Waals surface area (Å²) in [6.07, 6.45) is 0. The zero-order chi connectivity index (χ0) is 18.4. The van der Waals surface area contributed by atoms with Crippen LogP contribution in [-0.4, -0.2) is 25.4 Å². The van der Waals surface area contributed by atoms with Crippen LogP contribution in [0.5, 0.6) is 11.5 Å². The van der Waals surface area contributed by atoms with Crippen LogP contribution in [0.3, 0.4) is 0 Å². The number of benzene rings is 2. The SMILES string of the molecule is CCOP(=O)(OCC)[C@@H](c1ccc(OC)cc1)c1cc(Cl)ccc1O. The van der Waals surface area contributed by atoms with E-state index in [1.165, 1.54) is 6.07 Å². The molecule has 1 atom stereocenters. The molecule has 25 heavy (non-hydrogen) atoms. The third kappa shape index (κ3) is 4.56. The van der Waals surface area contributed by atoms with Crippen molar-refractivity contribution in [3.05, 3.63) is 58.6 Å². The summed E-state index contributed by atoms with van der Waals surface area (Å²) in [4.78, 5) is 0. The minimum Gasteiger partial charge on any atom is -0.508 e. The van der Waals surface area contributed by atoms with Gasteiger partial charge in [0.15, 0.2) is 0 Å². The molecular formula is C18H22ClO5P. The first-order valence-electron chi connectivity index (χ1n) is 7.96. The predicted molar refractivity (Wildman–Crippen MR) is 98.8 cm³/mol. The van der Waals surface area contributed by atoms with E-state index >= 15 is 0 Å². The predicted octanol–water partition coefficient (Wildman–Crippen LogP) is 5.41. The van der Waals surface area contributed by atoms with Crippen LogP contribution in [0.2, 0.25) is 5.02 Å². The number of phenols is 1. The molecule has 0 amide bonds. The molecule has 0 aliphatic rings. The maximum Gasteiger partial charge on any atom is 0.342 e. The lowest BCUT2D eigenvalue weighted by molar-refractivity contribution is 0.214. The second-order valence-corrected chi connectivity index (χ2v) is 7.80. The molecule has 0 heterocycles. The molecule has 136 valence electrons. The van der Waals surface area contributed by atoms with Gasteiger partial charge in [-0.15, -0.1) is 0 Å². The van der Waals surface area contributed by atoms with E-state index in [1.807, 2.05) is 0 Å². The molecule has 0 aromatic heterocycles. The molecule has 2 aromatic carbocycles. The van der Waals surface area contributed by atoms with Crippen molar-refractivity contribution in [2.24, 2.45) is 0 Å². The summed E-state index contributed by atoms with van der Waals surface area (Å²) in [5.74, 6) is 0.644. The molecule has 1 N–H and O–H groups in total. The molecule has 7 heteroatoms. The zero-order valence-electron chi connectivity index (χ0n) is 14.4. The van der Waals surface area contributed by atoms with E-state index in [9.17, 15) is 9.67 Å². The average molecular weight is 385 g/mol. The average Bonchev–Trinajstić information content (AvgIpc) is 2.59. The maximum atomic E-state index is 13.5. The number of methoxy groups -OCH3 is 1. The lowest BCUT2D eigenvalue weighted by Crippen LogP contribution is -2.09. The van der Waals surface area contributed by atoms with Crippen LogP contribution in [0.15, 0.2) is 42.5 Å². The highest BCUT2D eigenvalue weighted by atomic mass is 35.5. The van der Waals surface area contributed by atoms with Crippen molar-refractivity contribution in [1.82, 2.24) is 0 Å². The number of hydrogen-bond donors (Lipinski definition) is 1. The fraction of sp³-hybridized carbons (Fsp3) is 0.333. The van der Waals surface area contributed by atoms with Crippen molar-refractivity contribution in [2.75, 3.05) is 20.3 Å². The first-order chi connectivity index (χ1) is 11.9. The Morgan fingerprint density at radius 2 is 1.68 bits per heavy atom. The normalized spacial score (nSPS) is 12.8. The van der Waals surface area contributed by atoms with Gasteiger partial charge in [-0.2, -0.15) is 0 Å². The van der Waals surface area contributed by atoms with E-state index in [0.29, 0.717) is 21.9 Å². The summed E-state index contributed by atoms with van der Waals surface area (Å²) in [7, 11) is -2.03. The Hall–Kier alpha value is -1.52. The van der Waals surface area contributed by atoms with E-state index in [0.717, 1.165) is 0 Å². The minimum absolute atomic E-state index is 0.0233. The standard InChI is InChI=1S/C18H22ClO5P/c1-4-23-25(21,24-5-2)18(13-6-9-15(22-3)10-7-13)16-12-14(19)8-11-17(16)20/h6-12,18,20H,4-5H2,1-3H3/t18-/m0/s1. The summed E-state index contributed by atoms with van der Waals surface area (Å²) in [6.45, 7) is 3.92. The molecule has 0 aliphatic heterocycles. The molecule has 2 rings (SSSR count). The highest BCUT2D eigenvalue weighted by Crippen LogP contribution is 2.64. The van der Waals surface area contributed by atoms with Crippen molar-refractivity contribution < 1.29 is 23.5 Å². The molecule has 2 aromatic rings. The number of rotatable bonds is 8. The van der Waals surface area contributed by atoms with Gasteiger partial charge in [0.1, 0.15) is 17.2 Å². The number of hydrogen-bond acceptors (Lipinski definition) is 5. The van der Waals surface area contributed by atoms with E-state index in [1.54, 1.807) is 57.4 Å². The van der Waals surface area contributed by atoms with Crippen LogP contribution in [0.1, 0.15) is 30.6 Å². The Morgan fingerprint density at radius 3 is 2.20 bits per heavy atom. The highest BCUT2D eigenvalue weighted by Gasteiger charge is 2.39. The molecule has 0 radical (unpaired) electrons. The molecule has 0 saturated carbocycles. The quantitative estimate of drug-likeness (QED) is 0.616. The molecule has 0 spiro atoms. The van der Waals surface area contributed by atoms with Gasteiger partial charge in [0.05, 0.1) is 20.3 Å². The summed E-state index contributed by atoms with van der Waals surface area (Å²) < 4.78 is 29.8. The topological polar surface area (TPSA) is 65.0 Å². The maximum absolute atomic E-state index is 13.5. The summed E-state index contributed by atoms with van der Waals surface area (Å²) in [5.41, 5.74) is 0.253. The van der Waals surface area contributed by atoms with Gasteiger partial charge >= 0.3 is 7.60 Å².